The summed E-state index contributed by atoms with van der Waals surface area (Å²) in [6.07, 6.45) is 3.84. The van der Waals surface area contributed by atoms with Gasteiger partial charge in [-0.3, -0.25) is 4.98 Å². The van der Waals surface area contributed by atoms with Crippen LogP contribution in [0.4, 0.5) is 5.69 Å². The Morgan fingerprint density at radius 1 is 1.16 bits per heavy atom. The van der Waals surface area contributed by atoms with E-state index in [0.29, 0.717) is 0 Å². The fraction of sp³-hybridized carbons (Fsp3) is 0.688. The highest BCUT2D eigenvalue weighted by Gasteiger charge is 2.17. The molecule has 1 aromatic rings. The topological polar surface area (TPSA) is 28.2 Å². The molecule has 3 heteroatoms. The molecule has 1 heterocycles. The molecule has 0 saturated heterocycles. The van der Waals surface area contributed by atoms with Crippen LogP contribution < -0.4 is 10.2 Å². The van der Waals surface area contributed by atoms with Gasteiger partial charge < -0.3 is 10.2 Å². The largest absolute Gasteiger partial charge is 0.374 e. The number of hydrogen-bond donors (Lipinski definition) is 1. The molecule has 0 bridgehead atoms. The normalized spacial score (nSPS) is 12.6. The van der Waals surface area contributed by atoms with Gasteiger partial charge in [-0.05, 0) is 32.3 Å². The van der Waals surface area contributed by atoms with E-state index in [2.05, 4.69) is 69.9 Å². The van der Waals surface area contributed by atoms with E-state index in [9.17, 15) is 0 Å². The van der Waals surface area contributed by atoms with Crippen LogP contribution in [0.15, 0.2) is 18.5 Å². The van der Waals surface area contributed by atoms with Crippen LogP contribution in [0.3, 0.4) is 0 Å². The Kier molecular flexibility index (Phi) is 4.97. The molecule has 1 aromatic heterocycles. The first-order valence-corrected chi connectivity index (χ1v) is 6.97. The maximum atomic E-state index is 4.26. The van der Waals surface area contributed by atoms with Gasteiger partial charge in [0.1, 0.15) is 0 Å². The lowest BCUT2D eigenvalue weighted by molar-refractivity contribution is 0.414. The third-order valence-corrected chi connectivity index (χ3v) is 2.81. The number of hydrogen-bond acceptors (Lipinski definition) is 3. The number of rotatable bonds is 4. The zero-order valence-corrected chi connectivity index (χ0v) is 13.5. The molecule has 0 atom stereocenters. The first kappa shape index (κ1) is 16.0. The van der Waals surface area contributed by atoms with E-state index in [-0.39, 0.29) is 11.0 Å². The van der Waals surface area contributed by atoms with E-state index in [0.717, 1.165) is 13.1 Å². The Morgan fingerprint density at radius 3 is 2.32 bits per heavy atom. The molecule has 108 valence electrons. The molecule has 0 saturated carbocycles. The third kappa shape index (κ3) is 6.06. The molecule has 0 spiro atoms. The highest BCUT2D eigenvalue weighted by molar-refractivity contribution is 5.51. The maximum absolute atomic E-state index is 4.26. The second-order valence-corrected chi connectivity index (χ2v) is 7.52. The van der Waals surface area contributed by atoms with Crippen molar-refractivity contribution in [2.45, 2.75) is 53.6 Å². The molecule has 0 aromatic carbocycles. The van der Waals surface area contributed by atoms with E-state index >= 15 is 0 Å². The SMILES string of the molecule is CN(CC(C)(C)C)c1ccncc1CNC(C)(C)C. The van der Waals surface area contributed by atoms with Crippen LogP contribution in [0.1, 0.15) is 47.1 Å². The third-order valence-electron chi connectivity index (χ3n) is 2.81. The second kappa shape index (κ2) is 5.91. The van der Waals surface area contributed by atoms with Crippen molar-refractivity contribution in [3.63, 3.8) is 0 Å². The summed E-state index contributed by atoms with van der Waals surface area (Å²) < 4.78 is 0. The molecule has 0 aliphatic rings. The van der Waals surface area contributed by atoms with Gasteiger partial charge in [0.15, 0.2) is 0 Å². The van der Waals surface area contributed by atoms with Crippen molar-refractivity contribution in [1.29, 1.82) is 0 Å². The summed E-state index contributed by atoms with van der Waals surface area (Å²) in [5.41, 5.74) is 2.92. The zero-order chi connectivity index (χ0) is 14.7. The number of aromatic nitrogens is 1. The number of anilines is 1. The Hall–Kier alpha value is -1.09. The minimum Gasteiger partial charge on any atom is -0.374 e. The summed E-state index contributed by atoms with van der Waals surface area (Å²) in [6.45, 7) is 15.2. The van der Waals surface area contributed by atoms with Gasteiger partial charge in [0.2, 0.25) is 0 Å². The average Bonchev–Trinajstić information content (AvgIpc) is 2.23. The van der Waals surface area contributed by atoms with Crippen molar-refractivity contribution in [1.82, 2.24) is 10.3 Å². The fourth-order valence-corrected chi connectivity index (χ4v) is 2.09. The predicted molar refractivity (Wildman–Crippen MR) is 83.6 cm³/mol. The van der Waals surface area contributed by atoms with Gasteiger partial charge >= 0.3 is 0 Å². The Labute approximate surface area is 118 Å². The van der Waals surface area contributed by atoms with Crippen LogP contribution >= 0.6 is 0 Å². The Balaban J connectivity index is 2.83. The lowest BCUT2D eigenvalue weighted by atomic mass is 9.96. The molecule has 1 N–H and O–H groups in total. The van der Waals surface area contributed by atoms with Crippen molar-refractivity contribution < 1.29 is 0 Å². The van der Waals surface area contributed by atoms with Crippen LogP contribution in [0.25, 0.3) is 0 Å². The average molecular weight is 263 g/mol. The molecule has 0 fully saturated rings. The van der Waals surface area contributed by atoms with Gasteiger partial charge in [0, 0.05) is 49.3 Å². The Morgan fingerprint density at radius 2 is 1.79 bits per heavy atom. The van der Waals surface area contributed by atoms with Crippen LogP contribution in [-0.2, 0) is 6.54 Å². The standard InChI is InChI=1S/C16H29N3/c1-15(2,3)12-19(7)14-8-9-17-10-13(14)11-18-16(4,5)6/h8-10,18H,11-12H2,1-7H3. The summed E-state index contributed by atoms with van der Waals surface area (Å²) in [5, 5.41) is 3.53. The molecule has 3 nitrogen and oxygen atoms in total. The summed E-state index contributed by atoms with van der Waals surface area (Å²) in [4.78, 5) is 6.58. The summed E-state index contributed by atoms with van der Waals surface area (Å²) in [6, 6.07) is 2.10. The van der Waals surface area contributed by atoms with Crippen molar-refractivity contribution in [2.24, 2.45) is 5.41 Å². The highest BCUT2D eigenvalue weighted by atomic mass is 15.1. The summed E-state index contributed by atoms with van der Waals surface area (Å²) >= 11 is 0. The van der Waals surface area contributed by atoms with Crippen molar-refractivity contribution in [2.75, 3.05) is 18.5 Å². The predicted octanol–water partition coefficient (Wildman–Crippen LogP) is 3.45. The monoisotopic (exact) mass is 263 g/mol. The van der Waals surface area contributed by atoms with Crippen LogP contribution in [0.2, 0.25) is 0 Å². The van der Waals surface area contributed by atoms with E-state index in [1.54, 1.807) is 0 Å². The van der Waals surface area contributed by atoms with Crippen LogP contribution in [0, 0.1) is 5.41 Å². The smallest absolute Gasteiger partial charge is 0.0440 e. The second-order valence-electron chi connectivity index (χ2n) is 7.52. The molecular formula is C16H29N3. The quantitative estimate of drug-likeness (QED) is 0.902. The molecule has 0 aliphatic heterocycles. The molecule has 0 radical (unpaired) electrons. The molecule has 0 unspecified atom stereocenters. The van der Waals surface area contributed by atoms with Gasteiger partial charge in [-0.2, -0.15) is 0 Å². The number of nitrogens with zero attached hydrogens (tertiary/aromatic N) is 2. The van der Waals surface area contributed by atoms with E-state index in [1.807, 2.05) is 12.4 Å². The van der Waals surface area contributed by atoms with Gasteiger partial charge in [0.05, 0.1) is 0 Å². The van der Waals surface area contributed by atoms with Gasteiger partial charge in [-0.1, -0.05) is 20.8 Å². The van der Waals surface area contributed by atoms with Crippen molar-refractivity contribution in [3.8, 4) is 0 Å². The minimum atomic E-state index is 0.121. The lowest BCUT2D eigenvalue weighted by Crippen LogP contribution is -2.36. The van der Waals surface area contributed by atoms with Gasteiger partial charge in [-0.15, -0.1) is 0 Å². The first-order chi connectivity index (χ1) is 8.58. The molecular weight excluding hydrogens is 234 g/mol. The van der Waals surface area contributed by atoms with Crippen LogP contribution in [0.5, 0.6) is 0 Å². The zero-order valence-electron chi connectivity index (χ0n) is 13.5. The molecule has 19 heavy (non-hydrogen) atoms. The number of pyridine rings is 1. The molecule has 1 rings (SSSR count). The van der Waals surface area contributed by atoms with E-state index in [4.69, 9.17) is 0 Å². The van der Waals surface area contributed by atoms with Crippen LogP contribution in [-0.4, -0.2) is 24.1 Å². The van der Waals surface area contributed by atoms with Gasteiger partial charge in [0.25, 0.3) is 0 Å². The van der Waals surface area contributed by atoms with Crippen molar-refractivity contribution >= 4 is 5.69 Å². The summed E-state index contributed by atoms with van der Waals surface area (Å²) in [7, 11) is 2.15. The fourth-order valence-electron chi connectivity index (χ4n) is 2.09. The highest BCUT2D eigenvalue weighted by Crippen LogP contribution is 2.23. The lowest BCUT2D eigenvalue weighted by Gasteiger charge is -2.30. The molecule has 0 aliphatic carbocycles. The van der Waals surface area contributed by atoms with E-state index < -0.39 is 0 Å². The Bertz CT molecular complexity index is 399. The van der Waals surface area contributed by atoms with Gasteiger partial charge in [-0.25, -0.2) is 0 Å². The maximum Gasteiger partial charge on any atom is 0.0440 e. The first-order valence-electron chi connectivity index (χ1n) is 6.97. The summed E-state index contributed by atoms with van der Waals surface area (Å²) in [5.74, 6) is 0. The molecule has 0 amide bonds. The minimum absolute atomic E-state index is 0.121. The van der Waals surface area contributed by atoms with E-state index in [1.165, 1.54) is 11.3 Å². The van der Waals surface area contributed by atoms with Crippen molar-refractivity contribution in [3.05, 3.63) is 24.0 Å². The number of nitrogens with one attached hydrogen (secondary N) is 1.